The minimum Gasteiger partial charge on any atom is -0.369 e. The SMILES string of the molecule is NC(=O)C1CCCN(Cc2ccc(NC(=O)c3ccc4c(c3)S(=O)(=O)N(C3CC3)C4=O)cc2)C1. The van der Waals surface area contributed by atoms with Crippen LogP contribution in [-0.4, -0.2) is 54.5 Å². The van der Waals surface area contributed by atoms with E-state index in [1.54, 1.807) is 12.1 Å². The first-order chi connectivity index (χ1) is 16.2. The van der Waals surface area contributed by atoms with Crippen molar-refractivity contribution >= 4 is 33.4 Å². The zero-order valence-electron chi connectivity index (χ0n) is 18.6. The van der Waals surface area contributed by atoms with Crippen molar-refractivity contribution in [1.29, 1.82) is 0 Å². The van der Waals surface area contributed by atoms with E-state index >= 15 is 0 Å². The summed E-state index contributed by atoms with van der Waals surface area (Å²) in [5.41, 5.74) is 7.35. The lowest BCUT2D eigenvalue weighted by Gasteiger charge is -2.31. The summed E-state index contributed by atoms with van der Waals surface area (Å²) in [6.45, 7) is 2.24. The minimum atomic E-state index is -3.92. The van der Waals surface area contributed by atoms with Gasteiger partial charge in [-0.2, -0.15) is 0 Å². The summed E-state index contributed by atoms with van der Waals surface area (Å²) >= 11 is 0. The van der Waals surface area contributed by atoms with Crippen molar-refractivity contribution in [2.75, 3.05) is 18.4 Å². The fourth-order valence-corrected chi connectivity index (χ4v) is 6.49. The Morgan fingerprint density at radius 2 is 1.79 bits per heavy atom. The molecule has 178 valence electrons. The number of piperidine rings is 1. The highest BCUT2D eigenvalue weighted by Crippen LogP contribution is 2.39. The molecule has 0 radical (unpaired) electrons. The van der Waals surface area contributed by atoms with E-state index in [4.69, 9.17) is 5.73 Å². The molecule has 10 heteroatoms. The van der Waals surface area contributed by atoms with E-state index in [0.29, 0.717) is 31.6 Å². The zero-order valence-corrected chi connectivity index (χ0v) is 19.4. The number of primary amides is 1. The topological polar surface area (TPSA) is 130 Å². The number of anilines is 1. The Bertz CT molecular complexity index is 1270. The maximum atomic E-state index is 12.8. The van der Waals surface area contributed by atoms with E-state index in [-0.39, 0.29) is 33.9 Å². The summed E-state index contributed by atoms with van der Waals surface area (Å²) < 4.78 is 26.6. The first-order valence-electron chi connectivity index (χ1n) is 11.4. The molecule has 2 heterocycles. The van der Waals surface area contributed by atoms with Crippen molar-refractivity contribution in [3.8, 4) is 0 Å². The van der Waals surface area contributed by atoms with Gasteiger partial charge in [-0.1, -0.05) is 12.1 Å². The highest BCUT2D eigenvalue weighted by molar-refractivity contribution is 7.90. The second kappa shape index (κ2) is 8.52. The molecule has 3 amide bonds. The van der Waals surface area contributed by atoms with Crippen LogP contribution in [0.5, 0.6) is 0 Å². The van der Waals surface area contributed by atoms with E-state index in [1.807, 2.05) is 12.1 Å². The van der Waals surface area contributed by atoms with Gasteiger partial charge in [-0.25, -0.2) is 12.7 Å². The number of nitrogens with two attached hydrogens (primary N) is 1. The molecule has 1 saturated heterocycles. The lowest BCUT2D eigenvalue weighted by Crippen LogP contribution is -2.40. The molecule has 2 aromatic carbocycles. The lowest BCUT2D eigenvalue weighted by atomic mass is 9.97. The van der Waals surface area contributed by atoms with Crippen molar-refractivity contribution in [3.05, 3.63) is 59.2 Å². The van der Waals surface area contributed by atoms with Crippen LogP contribution < -0.4 is 11.1 Å². The van der Waals surface area contributed by atoms with Crippen molar-refractivity contribution < 1.29 is 22.8 Å². The Balaban J connectivity index is 1.25. The number of benzene rings is 2. The first-order valence-corrected chi connectivity index (χ1v) is 12.8. The van der Waals surface area contributed by atoms with Gasteiger partial charge in [-0.15, -0.1) is 0 Å². The van der Waals surface area contributed by atoms with Crippen LogP contribution in [0.1, 0.15) is 52.0 Å². The molecule has 2 fully saturated rings. The van der Waals surface area contributed by atoms with Gasteiger partial charge in [0.25, 0.3) is 21.8 Å². The monoisotopic (exact) mass is 482 g/mol. The van der Waals surface area contributed by atoms with E-state index < -0.39 is 21.8 Å². The summed E-state index contributed by atoms with van der Waals surface area (Å²) in [4.78, 5) is 38.9. The predicted molar refractivity (Wildman–Crippen MR) is 124 cm³/mol. The Morgan fingerprint density at radius 3 is 2.47 bits per heavy atom. The molecule has 34 heavy (non-hydrogen) atoms. The molecule has 3 aliphatic rings. The summed E-state index contributed by atoms with van der Waals surface area (Å²) in [6, 6.07) is 11.3. The van der Waals surface area contributed by atoms with Crippen LogP contribution >= 0.6 is 0 Å². The van der Waals surface area contributed by atoms with Gasteiger partial charge >= 0.3 is 0 Å². The first kappa shape index (κ1) is 22.5. The van der Waals surface area contributed by atoms with Gasteiger partial charge in [-0.3, -0.25) is 19.3 Å². The van der Waals surface area contributed by atoms with Gasteiger partial charge in [0.15, 0.2) is 0 Å². The van der Waals surface area contributed by atoms with Crippen molar-refractivity contribution in [3.63, 3.8) is 0 Å². The average Bonchev–Trinajstić information content (AvgIpc) is 3.62. The van der Waals surface area contributed by atoms with Crippen LogP contribution in [0.2, 0.25) is 0 Å². The third-order valence-electron chi connectivity index (χ3n) is 6.62. The fraction of sp³-hybridized carbons (Fsp3) is 0.375. The summed E-state index contributed by atoms with van der Waals surface area (Å²) in [5.74, 6) is -1.35. The number of amides is 3. The highest BCUT2D eigenvalue weighted by Gasteiger charge is 2.48. The Labute approximate surface area is 198 Å². The zero-order chi connectivity index (χ0) is 24.0. The van der Waals surface area contributed by atoms with Crippen molar-refractivity contribution in [2.45, 2.75) is 43.2 Å². The van der Waals surface area contributed by atoms with Gasteiger partial charge in [0.2, 0.25) is 5.91 Å². The predicted octanol–water partition coefficient (Wildman–Crippen LogP) is 1.94. The number of hydrogen-bond donors (Lipinski definition) is 2. The molecule has 0 spiro atoms. The smallest absolute Gasteiger partial charge is 0.269 e. The van der Waals surface area contributed by atoms with Crippen LogP contribution in [0.3, 0.4) is 0 Å². The molecular formula is C24H26N4O5S. The van der Waals surface area contributed by atoms with Crippen LogP contribution in [0.4, 0.5) is 5.69 Å². The normalized spacial score (nSPS) is 21.8. The Hall–Kier alpha value is -3.24. The number of carbonyl (C=O) groups is 3. The highest BCUT2D eigenvalue weighted by atomic mass is 32.2. The number of carbonyl (C=O) groups excluding carboxylic acids is 3. The van der Waals surface area contributed by atoms with Gasteiger partial charge in [0, 0.05) is 30.4 Å². The number of likely N-dealkylation sites (tertiary alicyclic amines) is 1. The third-order valence-corrected chi connectivity index (χ3v) is 8.49. The lowest BCUT2D eigenvalue weighted by molar-refractivity contribution is -0.123. The average molecular weight is 483 g/mol. The second-order valence-corrected chi connectivity index (χ2v) is 11.0. The number of nitrogens with zero attached hydrogens (tertiary/aromatic N) is 2. The summed E-state index contributed by atoms with van der Waals surface area (Å²) in [5, 5.41) is 2.78. The quantitative estimate of drug-likeness (QED) is 0.647. The van der Waals surface area contributed by atoms with Gasteiger partial charge in [0.05, 0.1) is 11.5 Å². The number of fused-ring (bicyclic) bond motifs is 1. The van der Waals surface area contributed by atoms with E-state index in [9.17, 15) is 22.8 Å². The molecule has 0 aromatic heterocycles. The molecule has 5 rings (SSSR count). The van der Waals surface area contributed by atoms with Crippen LogP contribution in [0, 0.1) is 5.92 Å². The molecule has 2 aromatic rings. The minimum absolute atomic E-state index is 0.108. The van der Waals surface area contributed by atoms with E-state index in [1.165, 1.54) is 18.2 Å². The summed E-state index contributed by atoms with van der Waals surface area (Å²) in [6.07, 6.45) is 3.10. The molecule has 1 saturated carbocycles. The molecule has 1 aliphatic carbocycles. The van der Waals surface area contributed by atoms with Gasteiger partial charge in [0.1, 0.15) is 4.90 Å². The maximum absolute atomic E-state index is 12.8. The van der Waals surface area contributed by atoms with Gasteiger partial charge < -0.3 is 11.1 Å². The van der Waals surface area contributed by atoms with Crippen LogP contribution in [0.15, 0.2) is 47.4 Å². The molecule has 2 aliphatic heterocycles. The largest absolute Gasteiger partial charge is 0.369 e. The standard InChI is InChI=1S/C24H26N4O5S/c25-22(29)17-2-1-11-27(14-17)13-15-3-6-18(7-4-15)26-23(30)16-5-10-20-21(12-16)34(32,33)28(24(20)31)19-8-9-19/h3-7,10,12,17,19H,1-2,8-9,11,13-14H2,(H2,25,29)(H,26,30). The Kier molecular flexibility index (Phi) is 5.65. The molecule has 1 atom stereocenters. The molecule has 3 N–H and O–H groups in total. The number of rotatable bonds is 6. The molecular weight excluding hydrogens is 456 g/mol. The number of sulfonamides is 1. The van der Waals surface area contributed by atoms with Crippen LogP contribution in [0.25, 0.3) is 0 Å². The molecule has 0 bridgehead atoms. The Morgan fingerprint density at radius 1 is 1.06 bits per heavy atom. The molecule has 1 unspecified atom stereocenters. The van der Waals surface area contributed by atoms with Crippen molar-refractivity contribution in [1.82, 2.24) is 9.21 Å². The number of nitrogens with one attached hydrogen (secondary N) is 1. The molecule has 9 nitrogen and oxygen atoms in total. The maximum Gasteiger partial charge on any atom is 0.269 e. The third kappa shape index (κ3) is 4.19. The van der Waals surface area contributed by atoms with Crippen LogP contribution in [-0.2, 0) is 21.4 Å². The van der Waals surface area contributed by atoms with E-state index in [2.05, 4.69) is 10.2 Å². The second-order valence-electron chi connectivity index (χ2n) is 9.18. The van der Waals surface area contributed by atoms with E-state index in [0.717, 1.165) is 29.3 Å². The van der Waals surface area contributed by atoms with Crippen molar-refractivity contribution in [2.24, 2.45) is 11.7 Å². The number of hydrogen-bond acceptors (Lipinski definition) is 6. The van der Waals surface area contributed by atoms with Gasteiger partial charge in [-0.05, 0) is 68.1 Å². The summed E-state index contributed by atoms with van der Waals surface area (Å²) in [7, 11) is -3.92. The fourth-order valence-electron chi connectivity index (χ4n) is 4.64.